The molecule has 0 bridgehead atoms. The van der Waals surface area contributed by atoms with Crippen LogP contribution in [0.5, 0.6) is 0 Å². The first-order valence-electron chi connectivity index (χ1n) is 14.8. The molecule has 9 heteroatoms. The largest absolute Gasteiger partial charge is 0.378 e. The third-order valence-corrected chi connectivity index (χ3v) is 8.55. The average Bonchev–Trinajstić information content (AvgIpc) is 3.09. The molecular formula is C38H33ClN4O3S. The average molecular weight is 661 g/mol. The van der Waals surface area contributed by atoms with Crippen LogP contribution >= 0.6 is 23.4 Å². The van der Waals surface area contributed by atoms with E-state index in [1.54, 1.807) is 66.7 Å². The van der Waals surface area contributed by atoms with E-state index in [1.165, 1.54) is 11.8 Å². The van der Waals surface area contributed by atoms with Gasteiger partial charge in [-0.05, 0) is 83.9 Å². The molecule has 0 aromatic heterocycles. The lowest BCUT2D eigenvalue weighted by molar-refractivity contribution is -0.116. The number of benzene rings is 5. The second kappa shape index (κ2) is 15.8. The number of halogens is 1. The number of thioether (sulfide) groups is 1. The lowest BCUT2D eigenvalue weighted by Gasteiger charge is -2.18. The normalized spacial score (nSPS) is 11.7. The van der Waals surface area contributed by atoms with Crippen molar-refractivity contribution in [2.24, 2.45) is 0 Å². The molecule has 5 aromatic carbocycles. The molecule has 3 N–H and O–H groups in total. The summed E-state index contributed by atoms with van der Waals surface area (Å²) in [5, 5.41) is 8.68. The Morgan fingerprint density at radius 2 is 1.38 bits per heavy atom. The van der Waals surface area contributed by atoms with E-state index in [-0.39, 0.29) is 11.6 Å². The zero-order chi connectivity index (χ0) is 33.2. The molecule has 0 saturated heterocycles. The predicted octanol–water partition coefficient (Wildman–Crippen LogP) is 8.29. The molecule has 0 spiro atoms. The van der Waals surface area contributed by atoms with Crippen LogP contribution in [0, 0.1) is 0 Å². The van der Waals surface area contributed by atoms with Gasteiger partial charge in [0.2, 0.25) is 5.91 Å². The summed E-state index contributed by atoms with van der Waals surface area (Å²) >= 11 is 7.38. The number of nitrogens with one attached hydrogen (secondary N) is 3. The van der Waals surface area contributed by atoms with Crippen LogP contribution < -0.4 is 20.9 Å². The van der Waals surface area contributed by atoms with Gasteiger partial charge in [0.25, 0.3) is 11.8 Å². The number of nitrogens with zero attached hydrogens (tertiary/aromatic N) is 1. The number of amides is 3. The van der Waals surface area contributed by atoms with Gasteiger partial charge in [0.15, 0.2) is 0 Å². The van der Waals surface area contributed by atoms with E-state index in [2.05, 4.69) is 16.0 Å². The Balaban J connectivity index is 1.37. The first kappa shape index (κ1) is 33.1. The first-order valence-corrected chi connectivity index (χ1v) is 16.1. The maximum atomic E-state index is 13.7. The summed E-state index contributed by atoms with van der Waals surface area (Å²) in [6, 6.07) is 40.0. The summed E-state index contributed by atoms with van der Waals surface area (Å²) in [4.78, 5) is 43.0. The zero-order valence-electron chi connectivity index (χ0n) is 25.8. The highest BCUT2D eigenvalue weighted by atomic mass is 35.5. The summed E-state index contributed by atoms with van der Waals surface area (Å²) < 4.78 is 0. The Kier molecular flexibility index (Phi) is 11.1. The molecule has 5 aromatic rings. The molecule has 3 amide bonds. The third-order valence-electron chi connectivity index (χ3n) is 7.05. The highest BCUT2D eigenvalue weighted by molar-refractivity contribution is 8.00. The van der Waals surface area contributed by atoms with Crippen LogP contribution in [0.4, 0.5) is 17.1 Å². The Hall–Kier alpha value is -5.31. The van der Waals surface area contributed by atoms with Crippen LogP contribution in [0.15, 0.2) is 144 Å². The smallest absolute Gasteiger partial charge is 0.272 e. The van der Waals surface area contributed by atoms with Gasteiger partial charge in [0.05, 0.1) is 0 Å². The van der Waals surface area contributed by atoms with Gasteiger partial charge in [-0.2, -0.15) is 0 Å². The van der Waals surface area contributed by atoms with Gasteiger partial charge in [0.1, 0.15) is 10.9 Å². The lowest BCUT2D eigenvalue weighted by atomic mass is 10.1. The van der Waals surface area contributed by atoms with Crippen molar-refractivity contribution in [3.05, 3.63) is 161 Å². The number of carbonyl (C=O) groups is 3. The van der Waals surface area contributed by atoms with E-state index in [4.69, 9.17) is 11.6 Å². The number of anilines is 3. The minimum Gasteiger partial charge on any atom is -0.378 e. The van der Waals surface area contributed by atoms with Gasteiger partial charge >= 0.3 is 0 Å². The summed E-state index contributed by atoms with van der Waals surface area (Å²) in [5.41, 5.74) is 4.23. The molecule has 0 heterocycles. The summed E-state index contributed by atoms with van der Waals surface area (Å²) in [6.07, 6.45) is 1.64. The third kappa shape index (κ3) is 9.36. The van der Waals surface area contributed by atoms with Crippen molar-refractivity contribution in [3.63, 3.8) is 0 Å². The Morgan fingerprint density at radius 1 is 0.723 bits per heavy atom. The molecule has 47 heavy (non-hydrogen) atoms. The summed E-state index contributed by atoms with van der Waals surface area (Å²) in [6.45, 7) is 0. The number of hydrogen-bond acceptors (Lipinski definition) is 5. The van der Waals surface area contributed by atoms with E-state index in [0.717, 1.165) is 21.7 Å². The second-order valence-corrected chi connectivity index (χ2v) is 12.4. The van der Waals surface area contributed by atoms with Crippen molar-refractivity contribution >= 4 is 64.2 Å². The van der Waals surface area contributed by atoms with Crippen molar-refractivity contribution in [1.82, 2.24) is 5.32 Å². The van der Waals surface area contributed by atoms with E-state index < -0.39 is 17.1 Å². The van der Waals surface area contributed by atoms with Crippen molar-refractivity contribution in [2.45, 2.75) is 10.1 Å². The molecule has 0 aliphatic heterocycles. The van der Waals surface area contributed by atoms with Crippen molar-refractivity contribution in [1.29, 1.82) is 0 Å². The Morgan fingerprint density at radius 3 is 2.04 bits per heavy atom. The maximum absolute atomic E-state index is 13.7. The molecule has 0 aliphatic carbocycles. The van der Waals surface area contributed by atoms with Crippen LogP contribution in [0.3, 0.4) is 0 Å². The van der Waals surface area contributed by atoms with E-state index in [9.17, 15) is 14.4 Å². The fraction of sp³-hybridized carbons (Fsp3) is 0.0789. The van der Waals surface area contributed by atoms with Gasteiger partial charge in [-0.1, -0.05) is 78.3 Å². The summed E-state index contributed by atoms with van der Waals surface area (Å²) in [7, 11) is 3.90. The topological polar surface area (TPSA) is 90.5 Å². The molecule has 0 fully saturated rings. The van der Waals surface area contributed by atoms with Crippen molar-refractivity contribution in [3.8, 4) is 0 Å². The van der Waals surface area contributed by atoms with Crippen molar-refractivity contribution < 1.29 is 14.4 Å². The molecule has 5 rings (SSSR count). The Labute approximate surface area is 283 Å². The highest BCUT2D eigenvalue weighted by Gasteiger charge is 2.23. The van der Waals surface area contributed by atoms with E-state index in [1.807, 2.05) is 91.8 Å². The number of rotatable bonds is 11. The molecule has 7 nitrogen and oxygen atoms in total. The minimum atomic E-state index is -0.580. The van der Waals surface area contributed by atoms with Gasteiger partial charge < -0.3 is 20.9 Å². The fourth-order valence-electron chi connectivity index (χ4n) is 4.60. The van der Waals surface area contributed by atoms with Gasteiger partial charge in [0, 0.05) is 46.6 Å². The molecule has 0 saturated carbocycles. The van der Waals surface area contributed by atoms with Gasteiger partial charge in [-0.15, -0.1) is 11.8 Å². The molecule has 1 atom stereocenters. The van der Waals surface area contributed by atoms with Gasteiger partial charge in [-0.3, -0.25) is 14.4 Å². The second-order valence-electron chi connectivity index (χ2n) is 10.8. The van der Waals surface area contributed by atoms with E-state index >= 15 is 0 Å². The predicted molar refractivity (Wildman–Crippen MR) is 193 cm³/mol. The molecule has 1 unspecified atom stereocenters. The van der Waals surface area contributed by atoms with Crippen LogP contribution in [-0.2, 0) is 9.59 Å². The molecular weight excluding hydrogens is 628 g/mol. The SMILES string of the molecule is CN(C)c1ccc(/C=C(/NC(=O)c2ccccc2)C(=O)Nc2cccc(SC(C(=O)Nc3ccc(Cl)cc3)c3ccccc3)c2)cc1. The molecule has 0 radical (unpaired) electrons. The maximum Gasteiger partial charge on any atom is 0.272 e. The minimum absolute atomic E-state index is 0.0824. The number of hydrogen-bond donors (Lipinski definition) is 3. The Bertz CT molecular complexity index is 1860. The van der Waals surface area contributed by atoms with Crippen molar-refractivity contribution in [2.75, 3.05) is 29.6 Å². The fourth-order valence-corrected chi connectivity index (χ4v) is 5.81. The van der Waals surface area contributed by atoms with Crippen LogP contribution in [-0.4, -0.2) is 31.8 Å². The first-order chi connectivity index (χ1) is 22.7. The van der Waals surface area contributed by atoms with Crippen LogP contribution in [0.1, 0.15) is 26.7 Å². The summed E-state index contributed by atoms with van der Waals surface area (Å²) in [5.74, 6) is -1.10. The standard InChI is InChI=1S/C38H33ClN4O3S/c1-43(2)32-22-16-26(17-23-32)24-34(42-36(44)28-12-7-4-8-13-28)37(45)41-31-14-9-15-33(25-31)47-35(27-10-5-3-6-11-27)38(46)40-30-20-18-29(39)19-21-30/h3-25,35H,1-2H3,(H,40,46)(H,41,45)(H,42,44)/b34-24+. The lowest BCUT2D eigenvalue weighted by Crippen LogP contribution is -2.30. The van der Waals surface area contributed by atoms with Crippen LogP contribution in [0.2, 0.25) is 5.02 Å². The van der Waals surface area contributed by atoms with E-state index in [0.29, 0.717) is 22.0 Å². The van der Waals surface area contributed by atoms with Crippen LogP contribution in [0.25, 0.3) is 6.08 Å². The zero-order valence-corrected chi connectivity index (χ0v) is 27.4. The molecule has 236 valence electrons. The highest BCUT2D eigenvalue weighted by Crippen LogP contribution is 2.37. The molecule has 0 aliphatic rings. The quantitative estimate of drug-likeness (QED) is 0.0980. The number of carbonyl (C=O) groups excluding carboxylic acids is 3. The monoisotopic (exact) mass is 660 g/mol. The van der Waals surface area contributed by atoms with Gasteiger partial charge in [-0.25, -0.2) is 0 Å².